The lowest BCUT2D eigenvalue weighted by Crippen LogP contribution is -2.55. The number of rotatable bonds is 36. The van der Waals surface area contributed by atoms with Crippen molar-refractivity contribution in [1.82, 2.24) is 26.6 Å². The van der Waals surface area contributed by atoms with E-state index in [-0.39, 0.29) is 103 Å². The summed E-state index contributed by atoms with van der Waals surface area (Å²) in [6.07, 6.45) is -11.9. The molecular formula is C49H89N5O21. The molecule has 26 heteroatoms. The van der Waals surface area contributed by atoms with E-state index >= 15 is 0 Å². The van der Waals surface area contributed by atoms with Crippen LogP contribution < -0.4 is 26.6 Å². The highest BCUT2D eigenvalue weighted by Crippen LogP contribution is 2.30. The molecule has 3 rings (SSSR count). The summed E-state index contributed by atoms with van der Waals surface area (Å²) in [6.45, 7) is 4.97. The van der Waals surface area contributed by atoms with Crippen molar-refractivity contribution < 1.29 is 103 Å². The molecule has 0 aromatic heterocycles. The van der Waals surface area contributed by atoms with Crippen LogP contribution in [0.1, 0.15) is 104 Å². The fraction of sp³-hybridized carbons (Fsp3) is 0.898. The first kappa shape index (κ1) is 66.0. The summed E-state index contributed by atoms with van der Waals surface area (Å²) in [5.41, 5.74) is -1.28. The number of aliphatic hydroxyl groups is 9. The van der Waals surface area contributed by atoms with Crippen molar-refractivity contribution in [3.05, 3.63) is 0 Å². The maximum absolute atomic E-state index is 13.7. The first-order valence-corrected chi connectivity index (χ1v) is 26.4. The standard InChI is InChI=1S/C49H89N5O21/c1-29-40(63)43(66)32(26-55)73-46(29)70-23-7-19-51-36(59)12-15-49(54-39(62)11-5-10-35(58)50-18-6-22-69-4,16-13-37(60)52-20-8-24-71-47-30(2)41(64)44(67)33(27-56)74-47)17-14-38(61)53-21-9-25-72-48-31(3)42(65)45(68)34(28-57)75-48/h29-34,40-48,55-57,63-68H,5-28H2,1-4H3,(H,50,58)(H,51,59)(H,52,60)(H,53,61)(H,54,62)/t29?,30?,31?,32?,33?,34?,40-,41-,42-,43+,44+,45+,46-,47-,48-,49?/m1/s1. The fourth-order valence-electron chi connectivity index (χ4n) is 8.92. The van der Waals surface area contributed by atoms with Gasteiger partial charge >= 0.3 is 0 Å². The van der Waals surface area contributed by atoms with Crippen LogP contribution in [0.3, 0.4) is 0 Å². The maximum Gasteiger partial charge on any atom is 0.220 e. The van der Waals surface area contributed by atoms with Crippen LogP contribution in [-0.2, 0) is 57.1 Å². The fourth-order valence-corrected chi connectivity index (χ4v) is 8.92. The second kappa shape index (κ2) is 35.3. The quantitative estimate of drug-likeness (QED) is 0.0269. The van der Waals surface area contributed by atoms with E-state index in [2.05, 4.69) is 26.6 Å². The number of hydrogen-bond acceptors (Lipinski definition) is 21. The van der Waals surface area contributed by atoms with Crippen LogP contribution in [0.4, 0.5) is 0 Å². The minimum absolute atomic E-state index is 0.00337. The molecule has 0 aliphatic carbocycles. The van der Waals surface area contributed by atoms with Gasteiger partial charge in [-0.05, 0) is 51.4 Å². The third-order valence-corrected chi connectivity index (χ3v) is 13.9. The number of carbonyl (C=O) groups excluding carboxylic acids is 5. The largest absolute Gasteiger partial charge is 0.394 e. The zero-order valence-corrected chi connectivity index (χ0v) is 44.1. The van der Waals surface area contributed by atoms with Gasteiger partial charge in [0.25, 0.3) is 0 Å². The van der Waals surface area contributed by atoms with Crippen LogP contribution >= 0.6 is 0 Å². The van der Waals surface area contributed by atoms with Crippen molar-refractivity contribution in [2.75, 3.05) is 79.5 Å². The Hall–Kier alpha value is -3.29. The molecular weight excluding hydrogens is 995 g/mol. The molecule has 3 heterocycles. The Bertz CT molecular complexity index is 1520. The average molecular weight is 1080 g/mol. The number of amides is 5. The van der Waals surface area contributed by atoms with Crippen molar-refractivity contribution in [3.63, 3.8) is 0 Å². The van der Waals surface area contributed by atoms with E-state index in [0.717, 1.165) is 0 Å². The molecule has 436 valence electrons. The Morgan fingerprint density at radius 3 is 1.03 bits per heavy atom. The van der Waals surface area contributed by atoms with Crippen LogP contribution in [0.5, 0.6) is 0 Å². The summed E-state index contributed by atoms with van der Waals surface area (Å²) in [6, 6.07) is 0. The van der Waals surface area contributed by atoms with Gasteiger partial charge in [-0.1, -0.05) is 20.8 Å². The Kier molecular flexibility index (Phi) is 31.0. The number of hydrogen-bond donors (Lipinski definition) is 14. The van der Waals surface area contributed by atoms with Gasteiger partial charge < -0.3 is 106 Å². The van der Waals surface area contributed by atoms with E-state index in [9.17, 15) is 69.9 Å². The van der Waals surface area contributed by atoms with E-state index in [1.54, 1.807) is 27.9 Å². The summed E-state index contributed by atoms with van der Waals surface area (Å²) in [5, 5.41) is 104. The maximum atomic E-state index is 13.7. The number of ether oxygens (including phenoxy) is 7. The monoisotopic (exact) mass is 1080 g/mol. The zero-order valence-electron chi connectivity index (χ0n) is 44.1. The molecule has 0 radical (unpaired) electrons. The minimum Gasteiger partial charge on any atom is -0.394 e. The number of nitrogens with one attached hydrogen (secondary N) is 5. The molecule has 75 heavy (non-hydrogen) atoms. The van der Waals surface area contributed by atoms with Gasteiger partial charge in [-0.2, -0.15) is 0 Å². The van der Waals surface area contributed by atoms with E-state index in [1.165, 1.54) is 0 Å². The molecule has 0 spiro atoms. The molecule has 0 aromatic rings. The minimum atomic E-state index is -1.28. The first-order valence-electron chi connectivity index (χ1n) is 26.4. The van der Waals surface area contributed by atoms with E-state index in [4.69, 9.17) is 33.2 Å². The first-order chi connectivity index (χ1) is 35.8. The van der Waals surface area contributed by atoms with E-state index in [1.807, 2.05) is 0 Å². The molecule has 3 aliphatic rings. The van der Waals surface area contributed by atoms with Crippen LogP contribution in [0.25, 0.3) is 0 Å². The van der Waals surface area contributed by atoms with Crippen LogP contribution in [0.15, 0.2) is 0 Å². The SMILES string of the molecule is COCCCNC(=O)CCCC(=O)NC(CCC(=O)NCCCO[C@@H]1OC(CO)[C@H](O)[C@H](O)C1C)(CCC(=O)NCCCO[C@@H]1OC(CO)[C@H](O)[C@H](O)C1C)CCC(=O)NCCCO[C@@H]1OC(CO)[C@H](O)[C@H](O)C1C. The van der Waals surface area contributed by atoms with Crippen LogP contribution in [-0.4, -0.2) is 234 Å². The highest BCUT2D eigenvalue weighted by molar-refractivity contribution is 5.81. The molecule has 0 aromatic carbocycles. The normalized spacial score (nSPS) is 30.7. The topological polar surface area (TPSA) is 392 Å². The number of methoxy groups -OCH3 is 1. The third kappa shape index (κ3) is 22.5. The molecule has 3 aliphatic heterocycles. The second-order valence-corrected chi connectivity index (χ2v) is 19.8. The summed E-state index contributed by atoms with van der Waals surface area (Å²) in [5.74, 6) is -3.72. The zero-order chi connectivity index (χ0) is 55.5. The second-order valence-electron chi connectivity index (χ2n) is 19.8. The predicted octanol–water partition coefficient (Wildman–Crippen LogP) is -3.70. The van der Waals surface area contributed by atoms with Crippen molar-refractivity contribution >= 4 is 29.5 Å². The highest BCUT2D eigenvalue weighted by Gasteiger charge is 2.45. The Morgan fingerprint density at radius 2 is 0.720 bits per heavy atom. The molecule has 26 nitrogen and oxygen atoms in total. The molecule has 5 amide bonds. The van der Waals surface area contributed by atoms with Crippen LogP contribution in [0.2, 0.25) is 0 Å². The van der Waals surface area contributed by atoms with Crippen molar-refractivity contribution in [3.8, 4) is 0 Å². The van der Waals surface area contributed by atoms with Gasteiger partial charge in [-0.3, -0.25) is 24.0 Å². The average Bonchev–Trinajstić information content (AvgIpc) is 3.39. The lowest BCUT2D eigenvalue weighted by atomic mass is 9.82. The van der Waals surface area contributed by atoms with Gasteiger partial charge in [0.1, 0.15) is 36.6 Å². The molecule has 15 atom stereocenters. The molecule has 0 saturated carbocycles. The van der Waals surface area contributed by atoms with E-state index in [0.29, 0.717) is 38.8 Å². The summed E-state index contributed by atoms with van der Waals surface area (Å²) >= 11 is 0. The molecule has 14 N–H and O–H groups in total. The van der Waals surface area contributed by atoms with Gasteiger partial charge in [0.15, 0.2) is 18.9 Å². The molecule has 6 unspecified atom stereocenters. The van der Waals surface area contributed by atoms with Gasteiger partial charge in [0.05, 0.1) is 58.0 Å². The van der Waals surface area contributed by atoms with Crippen molar-refractivity contribution in [2.45, 2.75) is 184 Å². The molecule has 3 fully saturated rings. The van der Waals surface area contributed by atoms with Gasteiger partial charge in [0.2, 0.25) is 29.5 Å². The lowest BCUT2D eigenvalue weighted by Gasteiger charge is -2.40. The van der Waals surface area contributed by atoms with Gasteiger partial charge in [0, 0.05) is 95.3 Å². The Morgan fingerprint density at radius 1 is 0.427 bits per heavy atom. The number of aliphatic hydroxyl groups excluding tert-OH is 9. The van der Waals surface area contributed by atoms with Gasteiger partial charge in [-0.25, -0.2) is 0 Å². The van der Waals surface area contributed by atoms with Crippen molar-refractivity contribution in [2.24, 2.45) is 17.8 Å². The summed E-state index contributed by atoms with van der Waals surface area (Å²) in [4.78, 5) is 66.4. The lowest BCUT2D eigenvalue weighted by molar-refractivity contribution is -0.282. The summed E-state index contributed by atoms with van der Waals surface area (Å²) < 4.78 is 39.1. The highest BCUT2D eigenvalue weighted by atomic mass is 16.7. The van der Waals surface area contributed by atoms with Crippen LogP contribution in [0, 0.1) is 17.8 Å². The molecule has 0 bridgehead atoms. The van der Waals surface area contributed by atoms with Crippen molar-refractivity contribution in [1.29, 1.82) is 0 Å². The Balaban J connectivity index is 1.67. The van der Waals surface area contributed by atoms with E-state index < -0.39 is 141 Å². The molecule has 3 saturated heterocycles. The number of carbonyl (C=O) groups is 5. The predicted molar refractivity (Wildman–Crippen MR) is 263 cm³/mol. The van der Waals surface area contributed by atoms with Gasteiger partial charge in [-0.15, -0.1) is 0 Å². The smallest absolute Gasteiger partial charge is 0.220 e. The third-order valence-electron chi connectivity index (χ3n) is 13.9. The Labute approximate surface area is 439 Å². The summed E-state index contributed by atoms with van der Waals surface area (Å²) in [7, 11) is 1.56.